The van der Waals surface area contributed by atoms with Gasteiger partial charge in [-0.25, -0.2) is 8.42 Å². The van der Waals surface area contributed by atoms with E-state index in [2.05, 4.69) is 25.8 Å². The summed E-state index contributed by atoms with van der Waals surface area (Å²) in [6.45, 7) is 3.71. The summed E-state index contributed by atoms with van der Waals surface area (Å²) in [5.41, 5.74) is 2.67. The Morgan fingerprint density at radius 2 is 1.92 bits per heavy atom. The average molecular weight is 437 g/mol. The van der Waals surface area contributed by atoms with E-state index in [1.807, 2.05) is 19.9 Å². The molecule has 26 heavy (non-hydrogen) atoms. The molecule has 0 saturated heterocycles. The molecule has 0 spiro atoms. The second-order valence-corrected chi connectivity index (χ2v) is 8.27. The first-order valence-corrected chi connectivity index (χ1v) is 9.99. The lowest BCUT2D eigenvalue weighted by molar-refractivity contribution is 0.402. The molecule has 0 unspecified atom stereocenters. The quantitative estimate of drug-likeness (QED) is 0.634. The van der Waals surface area contributed by atoms with Crippen molar-refractivity contribution in [2.24, 2.45) is 0 Å². The van der Waals surface area contributed by atoms with Crippen LogP contribution in [0.2, 0.25) is 0 Å². The van der Waals surface area contributed by atoms with Crippen molar-refractivity contribution in [3.8, 4) is 17.1 Å². The van der Waals surface area contributed by atoms with E-state index in [0.717, 1.165) is 15.7 Å². The van der Waals surface area contributed by atoms with Crippen LogP contribution in [0, 0.1) is 13.8 Å². The van der Waals surface area contributed by atoms with Crippen LogP contribution in [0.1, 0.15) is 11.3 Å². The molecule has 6 nitrogen and oxygen atoms in total. The molecule has 3 aromatic rings. The minimum absolute atomic E-state index is 0.0194. The molecule has 8 heteroatoms. The van der Waals surface area contributed by atoms with Crippen molar-refractivity contribution in [3.05, 3.63) is 58.2 Å². The molecule has 1 N–H and O–H groups in total. The van der Waals surface area contributed by atoms with Crippen molar-refractivity contribution in [1.82, 2.24) is 5.16 Å². The second kappa shape index (κ2) is 7.13. The van der Waals surface area contributed by atoms with E-state index in [0.29, 0.717) is 17.0 Å². The molecule has 0 aliphatic rings. The Labute approximate surface area is 160 Å². The summed E-state index contributed by atoms with van der Waals surface area (Å²) < 4.78 is 39.8. The fourth-order valence-corrected chi connectivity index (χ4v) is 4.12. The van der Waals surface area contributed by atoms with Crippen molar-refractivity contribution < 1.29 is 17.7 Å². The lowest BCUT2D eigenvalue weighted by Crippen LogP contribution is -2.14. The number of rotatable bonds is 5. The molecule has 0 atom stereocenters. The molecule has 2 aromatic carbocycles. The molecule has 0 radical (unpaired) electrons. The van der Waals surface area contributed by atoms with Crippen molar-refractivity contribution in [2.45, 2.75) is 18.7 Å². The van der Waals surface area contributed by atoms with Gasteiger partial charge in [0.25, 0.3) is 10.0 Å². The van der Waals surface area contributed by atoms with Gasteiger partial charge in [0.15, 0.2) is 5.76 Å². The molecule has 136 valence electrons. The van der Waals surface area contributed by atoms with Crippen LogP contribution in [0.4, 0.5) is 5.69 Å². The van der Waals surface area contributed by atoms with Gasteiger partial charge in [-0.15, -0.1) is 0 Å². The van der Waals surface area contributed by atoms with Gasteiger partial charge in [-0.05, 0) is 50.2 Å². The van der Waals surface area contributed by atoms with E-state index in [4.69, 9.17) is 9.26 Å². The highest BCUT2D eigenvalue weighted by molar-refractivity contribution is 9.10. The normalized spacial score (nSPS) is 11.4. The molecule has 3 rings (SSSR count). The number of aromatic nitrogens is 1. The number of methoxy groups -OCH3 is 1. The zero-order chi connectivity index (χ0) is 18.9. The predicted molar refractivity (Wildman–Crippen MR) is 103 cm³/mol. The maximum atomic E-state index is 12.9. The number of halogens is 1. The van der Waals surface area contributed by atoms with Crippen molar-refractivity contribution in [2.75, 3.05) is 11.8 Å². The fourth-order valence-electron chi connectivity index (χ4n) is 2.47. The van der Waals surface area contributed by atoms with Gasteiger partial charge >= 0.3 is 0 Å². The Morgan fingerprint density at radius 3 is 2.54 bits per heavy atom. The number of benzene rings is 2. The van der Waals surface area contributed by atoms with Gasteiger partial charge in [0.2, 0.25) is 0 Å². The van der Waals surface area contributed by atoms with E-state index in [-0.39, 0.29) is 10.6 Å². The molecule has 0 aliphatic heterocycles. The lowest BCUT2D eigenvalue weighted by atomic mass is 10.1. The number of aryl methyl sites for hydroxylation is 1. The molecule has 0 aliphatic carbocycles. The van der Waals surface area contributed by atoms with Gasteiger partial charge < -0.3 is 9.26 Å². The molecular weight excluding hydrogens is 420 g/mol. The summed E-state index contributed by atoms with van der Waals surface area (Å²) in [5, 5.41) is 3.93. The average Bonchev–Trinajstić information content (AvgIpc) is 2.93. The molecule has 0 amide bonds. The Balaban J connectivity index is 2.07. The number of anilines is 1. The molecule has 0 fully saturated rings. The van der Waals surface area contributed by atoms with Crippen LogP contribution in [0.25, 0.3) is 11.3 Å². The van der Waals surface area contributed by atoms with Crippen LogP contribution >= 0.6 is 15.9 Å². The zero-order valence-corrected chi connectivity index (χ0v) is 16.8. The minimum atomic E-state index is -3.87. The third-order valence-electron chi connectivity index (χ3n) is 3.95. The Kier molecular flexibility index (Phi) is 5.06. The Morgan fingerprint density at radius 1 is 1.15 bits per heavy atom. The second-order valence-electron chi connectivity index (χ2n) is 5.70. The van der Waals surface area contributed by atoms with Crippen LogP contribution in [0.15, 0.2) is 56.4 Å². The highest BCUT2D eigenvalue weighted by atomic mass is 79.9. The standard InChI is InChI=1S/C18H17BrN2O4S/c1-11-12(2)20-25-18(11)13-7-8-16(24-3)17(9-13)26(22,23)21-15-6-4-5-14(19)10-15/h4-10,21H,1-3H3. The summed E-state index contributed by atoms with van der Waals surface area (Å²) in [7, 11) is -2.44. The zero-order valence-electron chi connectivity index (χ0n) is 14.4. The molecular formula is C18H17BrN2O4S. The first-order chi connectivity index (χ1) is 12.3. The lowest BCUT2D eigenvalue weighted by Gasteiger charge is -2.13. The maximum Gasteiger partial charge on any atom is 0.265 e. The van der Waals surface area contributed by atoms with Crippen LogP contribution in [0.5, 0.6) is 5.75 Å². The molecule has 1 heterocycles. The maximum absolute atomic E-state index is 12.9. The SMILES string of the molecule is COc1ccc(-c2onc(C)c2C)cc1S(=O)(=O)Nc1cccc(Br)c1. The predicted octanol–water partition coefficient (Wildman–Crippen LogP) is 4.53. The van der Waals surface area contributed by atoms with E-state index in [1.165, 1.54) is 13.2 Å². The number of hydrogen-bond donors (Lipinski definition) is 1. The summed E-state index contributed by atoms with van der Waals surface area (Å²) in [5.74, 6) is 0.772. The minimum Gasteiger partial charge on any atom is -0.495 e. The summed E-state index contributed by atoms with van der Waals surface area (Å²) in [6.07, 6.45) is 0. The first kappa shape index (κ1) is 18.5. The summed E-state index contributed by atoms with van der Waals surface area (Å²) in [4.78, 5) is 0.0194. The first-order valence-electron chi connectivity index (χ1n) is 7.71. The number of ether oxygens (including phenoxy) is 1. The molecule has 1 aromatic heterocycles. The van der Waals surface area contributed by atoms with Gasteiger partial charge in [0.05, 0.1) is 12.8 Å². The third kappa shape index (κ3) is 3.61. The van der Waals surface area contributed by atoms with Crippen molar-refractivity contribution in [3.63, 3.8) is 0 Å². The van der Waals surface area contributed by atoms with E-state index >= 15 is 0 Å². The summed E-state index contributed by atoms with van der Waals surface area (Å²) >= 11 is 3.33. The van der Waals surface area contributed by atoms with Crippen molar-refractivity contribution >= 4 is 31.6 Å². The van der Waals surface area contributed by atoms with Crippen LogP contribution in [-0.2, 0) is 10.0 Å². The van der Waals surface area contributed by atoms with Gasteiger partial charge in [0, 0.05) is 21.3 Å². The van der Waals surface area contributed by atoms with Crippen LogP contribution in [-0.4, -0.2) is 20.7 Å². The topological polar surface area (TPSA) is 81.4 Å². The summed E-state index contributed by atoms with van der Waals surface area (Å²) in [6, 6.07) is 11.8. The molecule has 0 bridgehead atoms. The highest BCUT2D eigenvalue weighted by Crippen LogP contribution is 2.33. The van der Waals surface area contributed by atoms with Gasteiger partial charge in [-0.1, -0.05) is 27.2 Å². The monoisotopic (exact) mass is 436 g/mol. The smallest absolute Gasteiger partial charge is 0.265 e. The highest BCUT2D eigenvalue weighted by Gasteiger charge is 2.22. The van der Waals surface area contributed by atoms with Crippen LogP contribution in [0.3, 0.4) is 0 Å². The van der Waals surface area contributed by atoms with Gasteiger partial charge in [-0.3, -0.25) is 4.72 Å². The molecule has 0 saturated carbocycles. The van der Waals surface area contributed by atoms with E-state index in [1.54, 1.807) is 30.3 Å². The van der Waals surface area contributed by atoms with E-state index < -0.39 is 10.0 Å². The third-order valence-corrected chi connectivity index (χ3v) is 5.85. The number of nitrogens with zero attached hydrogens (tertiary/aromatic N) is 1. The van der Waals surface area contributed by atoms with Gasteiger partial charge in [0.1, 0.15) is 10.6 Å². The van der Waals surface area contributed by atoms with Crippen LogP contribution < -0.4 is 9.46 Å². The Hall–Kier alpha value is -2.32. The number of sulfonamides is 1. The van der Waals surface area contributed by atoms with E-state index in [9.17, 15) is 8.42 Å². The fraction of sp³-hybridized carbons (Fsp3) is 0.167. The number of nitrogens with one attached hydrogen (secondary N) is 1. The Bertz CT molecular complexity index is 1060. The van der Waals surface area contributed by atoms with Gasteiger partial charge in [-0.2, -0.15) is 0 Å². The number of hydrogen-bond acceptors (Lipinski definition) is 5. The largest absolute Gasteiger partial charge is 0.495 e. The van der Waals surface area contributed by atoms with Crippen molar-refractivity contribution in [1.29, 1.82) is 0 Å².